The molecule has 3 atom stereocenters. The molecule has 5 aromatic carbocycles. The van der Waals surface area contributed by atoms with Gasteiger partial charge in [-0.15, -0.1) is 0 Å². The number of aliphatic hydroxyl groups excluding tert-OH is 2. The zero-order valence-electron chi connectivity index (χ0n) is 26.3. The smallest absolute Gasteiger partial charge is 0.127 e. The van der Waals surface area contributed by atoms with E-state index in [-0.39, 0.29) is 6.04 Å². The Morgan fingerprint density at radius 3 is 1.59 bits per heavy atom. The van der Waals surface area contributed by atoms with Crippen molar-refractivity contribution in [1.82, 2.24) is 4.90 Å². The van der Waals surface area contributed by atoms with E-state index in [9.17, 15) is 10.2 Å². The van der Waals surface area contributed by atoms with Crippen molar-refractivity contribution in [1.29, 1.82) is 0 Å². The molecule has 5 rings (SSSR count). The molecule has 0 aromatic heterocycles. The summed E-state index contributed by atoms with van der Waals surface area (Å²) in [6, 6.07) is 45.2. The van der Waals surface area contributed by atoms with E-state index in [1.54, 1.807) is 0 Å². The summed E-state index contributed by atoms with van der Waals surface area (Å²) >= 11 is 0. The van der Waals surface area contributed by atoms with E-state index in [2.05, 4.69) is 24.0 Å². The normalized spacial score (nSPS) is 13.2. The second-order valence-corrected chi connectivity index (χ2v) is 11.5. The van der Waals surface area contributed by atoms with Gasteiger partial charge in [-0.2, -0.15) is 0 Å². The van der Waals surface area contributed by atoms with Gasteiger partial charge in [-0.25, -0.2) is 0 Å². The van der Waals surface area contributed by atoms with Crippen molar-refractivity contribution in [3.63, 3.8) is 0 Å². The largest absolute Gasteiger partial charge is 0.491 e. The average Bonchev–Trinajstić information content (AvgIpc) is 3.10. The molecule has 0 amide bonds. The standard InChI is InChI=1S/C40H43NO5/c1-31(41(28-39(42)34-11-5-2-6-12-34)29-40(43)35-13-7-3-8-14-35)27-32-17-21-36(22-18-32)45-26-25-44-30-33-19-23-38(24-20-33)46-37-15-9-4-10-16-37/h2-24,31,39-40,42-43H,25-30H2,1H3/t31-,39+,40?/m1/s1. The van der Waals surface area contributed by atoms with Gasteiger partial charge in [0.25, 0.3) is 0 Å². The first-order chi connectivity index (χ1) is 22.5. The fourth-order valence-corrected chi connectivity index (χ4v) is 5.32. The number of nitrogens with zero attached hydrogens (tertiary/aromatic N) is 1. The molecule has 1 unspecified atom stereocenters. The molecule has 0 heterocycles. The lowest BCUT2D eigenvalue weighted by Gasteiger charge is -2.33. The van der Waals surface area contributed by atoms with Gasteiger partial charge in [0.1, 0.15) is 23.9 Å². The summed E-state index contributed by atoms with van der Waals surface area (Å²) in [4.78, 5) is 2.17. The molecule has 0 spiro atoms. The second kappa shape index (κ2) is 17.3. The van der Waals surface area contributed by atoms with E-state index in [0.717, 1.165) is 45.9 Å². The average molecular weight is 618 g/mol. The fourth-order valence-electron chi connectivity index (χ4n) is 5.32. The van der Waals surface area contributed by atoms with Crippen molar-refractivity contribution < 1.29 is 24.4 Å². The number of aliphatic hydroxyl groups is 2. The molecule has 0 saturated carbocycles. The molecule has 0 saturated heterocycles. The maximum absolute atomic E-state index is 11.0. The lowest BCUT2D eigenvalue weighted by molar-refractivity contribution is 0.0480. The molecule has 6 heteroatoms. The van der Waals surface area contributed by atoms with Crippen LogP contribution >= 0.6 is 0 Å². The predicted octanol–water partition coefficient (Wildman–Crippen LogP) is 7.77. The SMILES string of the molecule is C[C@H](Cc1ccc(OCCOCc2ccc(Oc3ccccc3)cc2)cc1)N(CC(O)c1ccccc1)C[C@H](O)c1ccccc1. The molecular formula is C40H43NO5. The van der Waals surface area contributed by atoms with Crippen molar-refractivity contribution in [3.05, 3.63) is 162 Å². The molecular weight excluding hydrogens is 574 g/mol. The van der Waals surface area contributed by atoms with Gasteiger partial charge >= 0.3 is 0 Å². The van der Waals surface area contributed by atoms with Crippen LogP contribution in [-0.4, -0.2) is 47.5 Å². The Morgan fingerprint density at radius 2 is 1.02 bits per heavy atom. The third-order valence-corrected chi connectivity index (χ3v) is 7.93. The minimum absolute atomic E-state index is 0.0795. The van der Waals surface area contributed by atoms with Gasteiger partial charge in [0.2, 0.25) is 0 Å². The van der Waals surface area contributed by atoms with Crippen LogP contribution in [0, 0.1) is 0 Å². The molecule has 0 aliphatic heterocycles. The van der Waals surface area contributed by atoms with Crippen molar-refractivity contribution in [2.24, 2.45) is 0 Å². The van der Waals surface area contributed by atoms with Crippen molar-refractivity contribution in [2.75, 3.05) is 26.3 Å². The molecule has 0 fully saturated rings. The molecule has 238 valence electrons. The Balaban J connectivity index is 1.08. The third kappa shape index (κ3) is 10.3. The minimum Gasteiger partial charge on any atom is -0.491 e. The van der Waals surface area contributed by atoms with Crippen LogP contribution in [0.1, 0.15) is 41.4 Å². The van der Waals surface area contributed by atoms with E-state index in [1.165, 1.54) is 0 Å². The van der Waals surface area contributed by atoms with Gasteiger partial charge in [-0.3, -0.25) is 4.90 Å². The summed E-state index contributed by atoms with van der Waals surface area (Å²) in [5.74, 6) is 2.39. The van der Waals surface area contributed by atoms with Crippen molar-refractivity contribution in [2.45, 2.75) is 38.2 Å². The predicted molar refractivity (Wildman–Crippen MR) is 182 cm³/mol. The van der Waals surface area contributed by atoms with Crippen LogP contribution in [0.25, 0.3) is 0 Å². The van der Waals surface area contributed by atoms with Crippen LogP contribution in [0.2, 0.25) is 0 Å². The lowest BCUT2D eigenvalue weighted by atomic mass is 10.0. The Labute approximate surface area is 272 Å². The Morgan fingerprint density at radius 1 is 0.543 bits per heavy atom. The Hall–Kier alpha value is -4.46. The molecule has 0 aliphatic rings. The Bertz CT molecular complexity index is 1500. The van der Waals surface area contributed by atoms with E-state index in [0.29, 0.717) is 32.9 Å². The van der Waals surface area contributed by atoms with E-state index in [4.69, 9.17) is 14.2 Å². The summed E-state index contributed by atoms with van der Waals surface area (Å²) in [6.07, 6.45) is -0.544. The van der Waals surface area contributed by atoms with Gasteiger partial charge in [0.15, 0.2) is 0 Å². The number of benzene rings is 5. The molecule has 46 heavy (non-hydrogen) atoms. The maximum Gasteiger partial charge on any atom is 0.127 e. The lowest BCUT2D eigenvalue weighted by Crippen LogP contribution is -2.40. The van der Waals surface area contributed by atoms with Gasteiger partial charge < -0.3 is 24.4 Å². The van der Waals surface area contributed by atoms with E-state index < -0.39 is 12.2 Å². The molecule has 2 N–H and O–H groups in total. The van der Waals surface area contributed by atoms with Gasteiger partial charge in [-0.1, -0.05) is 103 Å². The number of ether oxygens (including phenoxy) is 3. The van der Waals surface area contributed by atoms with Crippen molar-refractivity contribution >= 4 is 0 Å². The first-order valence-electron chi connectivity index (χ1n) is 15.8. The number of hydrogen-bond acceptors (Lipinski definition) is 6. The zero-order valence-corrected chi connectivity index (χ0v) is 26.3. The van der Waals surface area contributed by atoms with Gasteiger partial charge in [-0.05, 0) is 72.0 Å². The summed E-state index contributed by atoms with van der Waals surface area (Å²) in [5.41, 5.74) is 3.96. The molecule has 6 nitrogen and oxygen atoms in total. The quantitative estimate of drug-likeness (QED) is 0.104. The highest BCUT2D eigenvalue weighted by Crippen LogP contribution is 2.23. The highest BCUT2D eigenvalue weighted by atomic mass is 16.5. The number of para-hydroxylation sites is 1. The van der Waals surface area contributed by atoms with Gasteiger partial charge in [0, 0.05) is 19.1 Å². The first-order valence-corrected chi connectivity index (χ1v) is 15.8. The van der Waals surface area contributed by atoms with Crippen molar-refractivity contribution in [3.8, 4) is 17.2 Å². The topological polar surface area (TPSA) is 71.4 Å². The molecule has 5 aromatic rings. The highest BCUT2D eigenvalue weighted by molar-refractivity contribution is 5.33. The van der Waals surface area contributed by atoms with Gasteiger partial charge in [0.05, 0.1) is 25.4 Å². The summed E-state index contributed by atoms with van der Waals surface area (Å²) < 4.78 is 17.6. The summed E-state index contributed by atoms with van der Waals surface area (Å²) in [7, 11) is 0. The van der Waals surface area contributed by atoms with Crippen LogP contribution in [-0.2, 0) is 17.8 Å². The van der Waals surface area contributed by atoms with Crippen LogP contribution < -0.4 is 9.47 Å². The Kier molecular flexibility index (Phi) is 12.4. The summed E-state index contributed by atoms with van der Waals surface area (Å²) in [5, 5.41) is 22.0. The maximum atomic E-state index is 11.0. The first kappa shape index (κ1) is 32.9. The van der Waals surface area contributed by atoms with Crippen LogP contribution in [0.5, 0.6) is 17.2 Å². The molecule has 0 radical (unpaired) electrons. The minimum atomic E-state index is -0.655. The fraction of sp³-hybridized carbons (Fsp3) is 0.250. The second-order valence-electron chi connectivity index (χ2n) is 11.5. The van der Waals surface area contributed by atoms with Crippen LogP contribution in [0.3, 0.4) is 0 Å². The van der Waals surface area contributed by atoms with E-state index >= 15 is 0 Å². The molecule has 0 bridgehead atoms. The van der Waals surface area contributed by atoms with E-state index in [1.807, 2.05) is 127 Å². The molecule has 0 aliphatic carbocycles. The monoisotopic (exact) mass is 617 g/mol. The number of rotatable bonds is 17. The van der Waals surface area contributed by atoms with Crippen LogP contribution in [0.4, 0.5) is 0 Å². The highest BCUT2D eigenvalue weighted by Gasteiger charge is 2.22. The zero-order chi connectivity index (χ0) is 32.0. The third-order valence-electron chi connectivity index (χ3n) is 7.93. The number of hydrogen-bond donors (Lipinski definition) is 2. The summed E-state index contributed by atoms with van der Waals surface area (Å²) in [6.45, 7) is 4.40. The van der Waals surface area contributed by atoms with Crippen LogP contribution in [0.15, 0.2) is 140 Å².